The molecule has 240 valence electrons. The van der Waals surface area contributed by atoms with Crippen LogP contribution >= 0.6 is 0 Å². The minimum atomic E-state index is -1.34. The number of hydrogen-bond acceptors (Lipinski definition) is 10. The number of fused-ring (bicyclic) bond motifs is 6. The van der Waals surface area contributed by atoms with E-state index in [4.69, 9.17) is 9.47 Å². The Bertz CT molecular complexity index is 1260. The largest absolute Gasteiger partial charge is 0.388 e. The summed E-state index contributed by atoms with van der Waals surface area (Å²) in [5.74, 6) is -1.72. The van der Waals surface area contributed by atoms with Gasteiger partial charge < -0.3 is 45.4 Å². The Morgan fingerprint density at radius 2 is 1.77 bits per heavy atom. The van der Waals surface area contributed by atoms with Crippen molar-refractivity contribution in [2.75, 3.05) is 51.8 Å². The summed E-state index contributed by atoms with van der Waals surface area (Å²) in [6, 6.07) is 5.26. The van der Waals surface area contributed by atoms with Crippen molar-refractivity contribution < 1.29 is 43.7 Å². The third-order valence-corrected chi connectivity index (χ3v) is 8.62. The molecule has 4 aliphatic rings. The number of methoxy groups -OCH3 is 1. The van der Waals surface area contributed by atoms with Crippen molar-refractivity contribution in [1.29, 1.82) is 0 Å². The highest BCUT2D eigenvalue weighted by atomic mass is 16.5. The van der Waals surface area contributed by atoms with Gasteiger partial charge in [-0.05, 0) is 24.1 Å². The zero-order chi connectivity index (χ0) is 31.5. The predicted octanol–water partition coefficient (Wildman–Crippen LogP) is -2.60. The van der Waals surface area contributed by atoms with E-state index in [1.165, 1.54) is 18.9 Å². The van der Waals surface area contributed by atoms with Gasteiger partial charge in [-0.3, -0.25) is 28.9 Å². The van der Waals surface area contributed by atoms with Crippen molar-refractivity contribution in [3.63, 3.8) is 0 Å². The molecule has 0 aromatic heterocycles. The summed E-state index contributed by atoms with van der Waals surface area (Å²) in [4.78, 5) is 69.7. The first-order valence-corrected chi connectivity index (χ1v) is 14.8. The molecule has 1 aromatic carbocycles. The van der Waals surface area contributed by atoms with Crippen molar-refractivity contribution in [3.8, 4) is 0 Å². The zero-order valence-electron chi connectivity index (χ0n) is 24.8. The van der Waals surface area contributed by atoms with E-state index in [1.54, 1.807) is 17.0 Å². The quantitative estimate of drug-likeness (QED) is 0.235. The lowest BCUT2D eigenvalue weighted by Crippen LogP contribution is -2.64. The van der Waals surface area contributed by atoms with Crippen LogP contribution in [0.25, 0.3) is 0 Å². The lowest BCUT2D eigenvalue weighted by Gasteiger charge is -2.42. The van der Waals surface area contributed by atoms with E-state index < -0.39 is 48.3 Å². The Morgan fingerprint density at radius 1 is 1.05 bits per heavy atom. The van der Waals surface area contributed by atoms with Crippen molar-refractivity contribution in [2.24, 2.45) is 0 Å². The Balaban J connectivity index is 1.41. The number of likely N-dealkylation sites (tertiary alicyclic amines) is 1. The van der Waals surface area contributed by atoms with E-state index in [2.05, 4.69) is 16.0 Å². The number of hydrogen-bond donors (Lipinski definition) is 5. The highest BCUT2D eigenvalue weighted by molar-refractivity contribution is 5.90. The first kappa shape index (κ1) is 31.8. The van der Waals surface area contributed by atoms with Crippen molar-refractivity contribution in [1.82, 2.24) is 25.3 Å². The van der Waals surface area contributed by atoms with Gasteiger partial charge >= 0.3 is 0 Å². The maximum atomic E-state index is 14.1. The normalized spacial score (nSPS) is 31.5. The highest BCUT2D eigenvalue weighted by Gasteiger charge is 2.46. The van der Waals surface area contributed by atoms with Crippen LogP contribution in [0.15, 0.2) is 24.3 Å². The smallest absolute Gasteiger partial charge is 0.249 e. The molecule has 5 N–H and O–H groups in total. The number of piperazine rings is 1. The third kappa shape index (κ3) is 7.02. The molecule has 4 aliphatic heterocycles. The summed E-state index contributed by atoms with van der Waals surface area (Å²) >= 11 is 0. The van der Waals surface area contributed by atoms with Crippen LogP contribution in [0.1, 0.15) is 25.3 Å². The molecule has 0 radical (unpaired) electrons. The number of amides is 5. The Hall–Kier alpha value is -3.63. The fraction of sp³-hybridized carbons (Fsp3) is 0.621. The van der Waals surface area contributed by atoms with Crippen LogP contribution in [0.4, 0.5) is 5.69 Å². The van der Waals surface area contributed by atoms with Gasteiger partial charge in [0.1, 0.15) is 31.0 Å². The topological polar surface area (TPSA) is 190 Å². The summed E-state index contributed by atoms with van der Waals surface area (Å²) in [7, 11) is 1.38. The molecule has 5 amide bonds. The number of nitrogens with zero attached hydrogens (tertiary/aromatic N) is 3. The van der Waals surface area contributed by atoms with Gasteiger partial charge in [0, 0.05) is 58.5 Å². The first-order chi connectivity index (χ1) is 21.0. The average molecular weight is 617 g/mol. The zero-order valence-corrected chi connectivity index (χ0v) is 24.8. The van der Waals surface area contributed by atoms with Gasteiger partial charge in [-0.15, -0.1) is 0 Å². The minimum absolute atomic E-state index is 0.0494. The van der Waals surface area contributed by atoms with Crippen LogP contribution in [0.3, 0.4) is 0 Å². The fourth-order valence-electron chi connectivity index (χ4n) is 6.45. The SMILES string of the molecule is COCC(=O)N1CCN2C[C@H]1C(=O)NC[C@H]1O[C@@H](CC(=O)N[C@H]3C[C@@H](C2=O)N(Cc2ccc(NC(C)=O)cc2)C3)[C@H](O)[C@@H]1O. The summed E-state index contributed by atoms with van der Waals surface area (Å²) in [5.41, 5.74) is 1.54. The van der Waals surface area contributed by atoms with E-state index in [9.17, 15) is 34.2 Å². The van der Waals surface area contributed by atoms with Gasteiger partial charge in [0.25, 0.3) is 0 Å². The maximum Gasteiger partial charge on any atom is 0.249 e. The predicted molar refractivity (Wildman–Crippen MR) is 154 cm³/mol. The van der Waals surface area contributed by atoms with Gasteiger partial charge in [-0.25, -0.2) is 0 Å². The number of anilines is 1. The standard InChI is InChI=1S/C29H40N6O9/c1-16(36)31-18-5-3-17(4-6-18)12-34-13-19-9-20(34)29(42)33-7-8-35(25(38)15-43-2)21(14-33)28(41)30-11-23-27(40)26(39)22(44-23)10-24(37)32-19/h3-6,19-23,26-27,39-40H,7-15H2,1-2H3,(H,30,41)(H,31,36)(H,32,37)/t19-,20-,21-,22-,23+,26-,27+/m0/s1. The van der Waals surface area contributed by atoms with E-state index in [0.717, 1.165) is 5.56 Å². The number of aliphatic hydroxyl groups excluding tert-OH is 2. The van der Waals surface area contributed by atoms with Gasteiger partial charge in [-0.1, -0.05) is 12.1 Å². The molecule has 4 fully saturated rings. The second-order valence-corrected chi connectivity index (χ2v) is 11.8. The van der Waals surface area contributed by atoms with Gasteiger partial charge in [0.2, 0.25) is 29.5 Å². The Labute approximate surface area is 254 Å². The third-order valence-electron chi connectivity index (χ3n) is 8.62. The second-order valence-electron chi connectivity index (χ2n) is 11.8. The molecule has 4 saturated heterocycles. The number of carbonyl (C=O) groups is 5. The molecular weight excluding hydrogens is 576 g/mol. The molecule has 15 nitrogen and oxygen atoms in total. The second kappa shape index (κ2) is 13.6. The van der Waals surface area contributed by atoms with Crippen molar-refractivity contribution in [2.45, 2.75) is 68.9 Å². The molecule has 6 bridgehead atoms. The number of carbonyl (C=O) groups excluding carboxylic acids is 5. The monoisotopic (exact) mass is 616 g/mol. The lowest BCUT2D eigenvalue weighted by atomic mass is 10.0. The molecule has 0 aliphatic carbocycles. The van der Waals surface area contributed by atoms with Crippen LogP contribution in [0.2, 0.25) is 0 Å². The van der Waals surface area contributed by atoms with Gasteiger partial charge in [0.05, 0.1) is 25.1 Å². The summed E-state index contributed by atoms with van der Waals surface area (Å²) < 4.78 is 10.8. The van der Waals surface area contributed by atoms with Crippen LogP contribution in [-0.2, 0) is 40.0 Å². The van der Waals surface area contributed by atoms with Crippen LogP contribution in [0.5, 0.6) is 0 Å². The summed E-state index contributed by atoms with van der Waals surface area (Å²) in [5, 5.41) is 29.5. The molecule has 15 heteroatoms. The number of nitrogens with one attached hydrogen (secondary N) is 3. The lowest BCUT2D eigenvalue weighted by molar-refractivity contribution is -0.152. The summed E-state index contributed by atoms with van der Waals surface area (Å²) in [6.07, 6.45) is -4.51. The van der Waals surface area contributed by atoms with E-state index in [-0.39, 0.29) is 63.0 Å². The van der Waals surface area contributed by atoms with Crippen LogP contribution in [-0.4, -0.2) is 143 Å². The molecule has 4 heterocycles. The molecule has 0 spiro atoms. The Kier molecular flexibility index (Phi) is 9.80. The Morgan fingerprint density at radius 3 is 2.48 bits per heavy atom. The molecule has 7 atom stereocenters. The van der Waals surface area contributed by atoms with E-state index >= 15 is 0 Å². The molecule has 1 aromatic rings. The average Bonchev–Trinajstić information content (AvgIpc) is 3.50. The molecule has 44 heavy (non-hydrogen) atoms. The molecular formula is C29H40N6O9. The molecule has 0 unspecified atom stereocenters. The molecule has 5 rings (SSSR count). The van der Waals surface area contributed by atoms with E-state index in [1.807, 2.05) is 17.0 Å². The minimum Gasteiger partial charge on any atom is -0.388 e. The number of benzene rings is 1. The van der Waals surface area contributed by atoms with Gasteiger partial charge in [-0.2, -0.15) is 0 Å². The fourth-order valence-corrected chi connectivity index (χ4v) is 6.45. The van der Waals surface area contributed by atoms with Crippen LogP contribution < -0.4 is 16.0 Å². The molecule has 0 saturated carbocycles. The van der Waals surface area contributed by atoms with Crippen LogP contribution in [0, 0.1) is 0 Å². The number of aliphatic hydroxyl groups is 2. The number of ether oxygens (including phenoxy) is 2. The first-order valence-electron chi connectivity index (χ1n) is 14.8. The number of rotatable bonds is 5. The van der Waals surface area contributed by atoms with Crippen molar-refractivity contribution >= 4 is 35.2 Å². The summed E-state index contributed by atoms with van der Waals surface area (Å²) in [6.45, 7) is 2.07. The van der Waals surface area contributed by atoms with Crippen molar-refractivity contribution in [3.05, 3.63) is 29.8 Å². The highest BCUT2D eigenvalue weighted by Crippen LogP contribution is 2.27. The maximum absolute atomic E-state index is 14.1. The van der Waals surface area contributed by atoms with Gasteiger partial charge in [0.15, 0.2) is 0 Å². The van der Waals surface area contributed by atoms with E-state index in [0.29, 0.717) is 25.2 Å².